The van der Waals surface area contributed by atoms with Gasteiger partial charge in [-0.15, -0.1) is 0 Å². The molecule has 0 saturated carbocycles. The molecule has 0 unspecified atom stereocenters. The van der Waals surface area contributed by atoms with E-state index in [1.165, 1.54) is 42.7 Å². The van der Waals surface area contributed by atoms with Crippen molar-refractivity contribution >= 4 is 43.4 Å². The van der Waals surface area contributed by atoms with Crippen molar-refractivity contribution in [3.8, 4) is 11.3 Å². The van der Waals surface area contributed by atoms with E-state index in [0.29, 0.717) is 17.7 Å². The summed E-state index contributed by atoms with van der Waals surface area (Å²) in [5.74, 6) is -3.40. The van der Waals surface area contributed by atoms with Crippen molar-refractivity contribution in [3.63, 3.8) is 0 Å². The Kier molecular flexibility index (Phi) is 9.69. The van der Waals surface area contributed by atoms with Gasteiger partial charge in [0.25, 0.3) is 10.0 Å². The number of carboxylic acid groups (broad SMARTS) is 2. The summed E-state index contributed by atoms with van der Waals surface area (Å²) in [4.78, 5) is 22.3. The summed E-state index contributed by atoms with van der Waals surface area (Å²) in [5.41, 5.74) is 0.241. The van der Waals surface area contributed by atoms with Gasteiger partial charge in [-0.05, 0) is 37.4 Å². The second-order valence-electron chi connectivity index (χ2n) is 7.25. The Labute approximate surface area is 216 Å². The first-order valence-corrected chi connectivity index (χ1v) is 13.8. The van der Waals surface area contributed by atoms with E-state index in [4.69, 9.17) is 21.8 Å². The molecule has 3 rings (SSSR count). The number of nitrogens with one attached hydrogen (secondary N) is 1. The van der Waals surface area contributed by atoms with Gasteiger partial charge in [0.15, 0.2) is 9.84 Å². The highest BCUT2D eigenvalue weighted by Gasteiger charge is 2.28. The topological polar surface area (TPSA) is 173 Å². The van der Waals surface area contributed by atoms with Gasteiger partial charge in [0.05, 0.1) is 26.1 Å². The van der Waals surface area contributed by atoms with Gasteiger partial charge in [0.1, 0.15) is 0 Å². The van der Waals surface area contributed by atoms with Crippen LogP contribution in [0.5, 0.6) is 0 Å². The molecule has 0 aliphatic heterocycles. The molecule has 0 spiro atoms. The lowest BCUT2D eigenvalue weighted by Crippen LogP contribution is -2.14. The smallest absolute Gasteiger partial charge is 0.328 e. The Balaban J connectivity index is 0.000000521. The molecule has 3 aromatic rings. The number of nitrogens with zero attached hydrogens (tertiary/aromatic N) is 2. The van der Waals surface area contributed by atoms with E-state index in [1.807, 2.05) is 0 Å². The Morgan fingerprint density at radius 1 is 1.08 bits per heavy atom. The van der Waals surface area contributed by atoms with Crippen LogP contribution < -0.4 is 5.32 Å². The first-order chi connectivity index (χ1) is 17.2. The van der Waals surface area contributed by atoms with Crippen molar-refractivity contribution < 1.29 is 41.0 Å². The van der Waals surface area contributed by atoms with E-state index in [0.717, 1.165) is 16.3 Å². The summed E-state index contributed by atoms with van der Waals surface area (Å²) in [6.45, 7) is 0.236. The standard InChI is InChI=1S/C18H17ClFN3O4S2.C4H4O4/c1-21-10-12-11-23(17(16(12)19)15-7-4-8-22-18(15)20)29(26,27)14-6-3-5-13(9-14)28(2,24)25;5-3(6)1-2-4(7)8/h3-9,11,21H,10H2,1-2H3;1-2H,(H,5,6)(H,7,8). The lowest BCUT2D eigenvalue weighted by Gasteiger charge is -2.12. The molecule has 0 fully saturated rings. The molecule has 0 radical (unpaired) electrons. The summed E-state index contributed by atoms with van der Waals surface area (Å²) >= 11 is 6.40. The molecule has 0 atom stereocenters. The van der Waals surface area contributed by atoms with Gasteiger partial charge < -0.3 is 15.5 Å². The first-order valence-electron chi connectivity index (χ1n) is 10.0. The molecule has 2 heterocycles. The molecular weight excluding hydrogens is 553 g/mol. The van der Waals surface area contributed by atoms with Crippen LogP contribution in [0.25, 0.3) is 11.3 Å². The van der Waals surface area contributed by atoms with Gasteiger partial charge in [0.2, 0.25) is 5.95 Å². The Morgan fingerprint density at radius 2 is 1.68 bits per heavy atom. The number of aliphatic carboxylic acids is 2. The van der Waals surface area contributed by atoms with E-state index >= 15 is 0 Å². The molecule has 0 amide bonds. The average Bonchev–Trinajstić information content (AvgIpc) is 3.15. The summed E-state index contributed by atoms with van der Waals surface area (Å²) in [6.07, 6.45) is 4.61. The van der Waals surface area contributed by atoms with Crippen LogP contribution >= 0.6 is 11.6 Å². The summed E-state index contributed by atoms with van der Waals surface area (Å²) in [6, 6.07) is 7.77. The van der Waals surface area contributed by atoms with Gasteiger partial charge in [0, 0.05) is 42.9 Å². The minimum Gasteiger partial charge on any atom is -0.478 e. The maximum Gasteiger partial charge on any atom is 0.328 e. The molecule has 0 bridgehead atoms. The van der Waals surface area contributed by atoms with Gasteiger partial charge in [-0.25, -0.2) is 35.4 Å². The van der Waals surface area contributed by atoms with Crippen LogP contribution in [0.1, 0.15) is 5.56 Å². The molecule has 15 heteroatoms. The lowest BCUT2D eigenvalue weighted by molar-refractivity contribution is -0.134. The Morgan fingerprint density at radius 3 is 2.19 bits per heavy atom. The van der Waals surface area contributed by atoms with Crippen LogP contribution in [-0.2, 0) is 36.0 Å². The number of benzene rings is 1. The van der Waals surface area contributed by atoms with E-state index < -0.39 is 37.7 Å². The number of pyridine rings is 1. The summed E-state index contributed by atoms with van der Waals surface area (Å²) in [7, 11) is -6.27. The molecule has 1 aromatic carbocycles. The van der Waals surface area contributed by atoms with Crippen LogP contribution in [0.2, 0.25) is 5.02 Å². The zero-order valence-corrected chi connectivity index (χ0v) is 21.7. The van der Waals surface area contributed by atoms with E-state index in [2.05, 4.69) is 10.3 Å². The largest absolute Gasteiger partial charge is 0.478 e. The number of rotatable bonds is 8. The van der Waals surface area contributed by atoms with Crippen molar-refractivity contribution in [1.82, 2.24) is 14.3 Å². The number of sulfone groups is 1. The van der Waals surface area contributed by atoms with Crippen molar-refractivity contribution in [2.45, 2.75) is 16.3 Å². The summed E-state index contributed by atoms with van der Waals surface area (Å²) in [5, 5.41) is 18.5. The number of aromatic nitrogens is 2. The maximum atomic E-state index is 14.4. The second kappa shape index (κ2) is 12.1. The molecule has 37 heavy (non-hydrogen) atoms. The number of carbonyl (C=O) groups is 2. The number of halogens is 2. The van der Waals surface area contributed by atoms with Crippen molar-refractivity contribution in [1.29, 1.82) is 0 Å². The predicted molar refractivity (Wildman–Crippen MR) is 132 cm³/mol. The lowest BCUT2D eigenvalue weighted by atomic mass is 10.2. The number of hydrogen-bond acceptors (Lipinski definition) is 8. The van der Waals surface area contributed by atoms with Crippen LogP contribution in [0.15, 0.2) is 70.7 Å². The molecule has 2 aromatic heterocycles. The fourth-order valence-electron chi connectivity index (χ4n) is 2.94. The number of carboxylic acids is 2. The third kappa shape index (κ3) is 7.45. The Hall–Kier alpha value is -3.59. The Bertz CT molecular complexity index is 1550. The molecule has 0 aliphatic carbocycles. The third-order valence-electron chi connectivity index (χ3n) is 4.52. The SMILES string of the molecule is CNCc1cn(S(=O)(=O)c2cccc(S(C)(=O)=O)c2)c(-c2cccnc2F)c1Cl.O=C(O)C=CC(=O)O. The van der Waals surface area contributed by atoms with Crippen molar-refractivity contribution in [2.24, 2.45) is 0 Å². The highest BCUT2D eigenvalue weighted by Crippen LogP contribution is 2.36. The predicted octanol–water partition coefficient (Wildman–Crippen LogP) is 2.41. The molecule has 0 saturated heterocycles. The average molecular weight is 574 g/mol. The van der Waals surface area contributed by atoms with E-state index in [1.54, 1.807) is 7.05 Å². The molecule has 3 N–H and O–H groups in total. The monoisotopic (exact) mass is 573 g/mol. The van der Waals surface area contributed by atoms with Crippen molar-refractivity contribution in [2.75, 3.05) is 13.3 Å². The first kappa shape index (κ1) is 29.6. The highest BCUT2D eigenvalue weighted by atomic mass is 35.5. The van der Waals surface area contributed by atoms with E-state index in [-0.39, 0.29) is 32.6 Å². The fourth-order valence-corrected chi connectivity index (χ4v) is 5.49. The van der Waals surface area contributed by atoms with Crippen molar-refractivity contribution in [3.05, 3.63) is 77.5 Å². The zero-order valence-electron chi connectivity index (χ0n) is 19.3. The second-order valence-corrected chi connectivity index (χ2v) is 11.5. The molecular formula is C22H21ClFN3O8S2. The van der Waals surface area contributed by atoms with Crippen LogP contribution in [0.4, 0.5) is 4.39 Å². The quantitative estimate of drug-likeness (QED) is 0.268. The highest BCUT2D eigenvalue weighted by molar-refractivity contribution is 7.91. The minimum atomic E-state index is -4.29. The van der Waals surface area contributed by atoms with Gasteiger partial charge in [-0.1, -0.05) is 17.7 Å². The minimum absolute atomic E-state index is 0.0501. The summed E-state index contributed by atoms with van der Waals surface area (Å²) < 4.78 is 65.6. The van der Waals surface area contributed by atoms with Gasteiger partial charge in [-0.3, -0.25) is 0 Å². The van der Waals surface area contributed by atoms with Crippen LogP contribution in [0.3, 0.4) is 0 Å². The zero-order chi connectivity index (χ0) is 28.0. The fraction of sp³-hybridized carbons (Fsp3) is 0.136. The maximum absolute atomic E-state index is 14.4. The molecule has 11 nitrogen and oxygen atoms in total. The number of hydrogen-bond donors (Lipinski definition) is 3. The van der Waals surface area contributed by atoms with E-state index in [9.17, 15) is 30.8 Å². The van der Waals surface area contributed by atoms with Crippen LogP contribution in [0, 0.1) is 5.95 Å². The normalized spacial score (nSPS) is 11.7. The molecule has 198 valence electrons. The van der Waals surface area contributed by atoms with Gasteiger partial charge >= 0.3 is 11.9 Å². The molecule has 0 aliphatic rings. The van der Waals surface area contributed by atoms with Crippen LogP contribution in [-0.4, -0.2) is 61.2 Å². The third-order valence-corrected chi connectivity index (χ3v) is 7.71. The van der Waals surface area contributed by atoms with Gasteiger partial charge in [-0.2, -0.15) is 4.39 Å².